The number of unbranched alkanes of at least 4 members (excludes halogenated alkanes) is 4. The second-order valence-corrected chi connectivity index (χ2v) is 7.12. The molecule has 1 atom stereocenters. The maximum absolute atomic E-state index is 11.2. The first-order chi connectivity index (χ1) is 7.64. The average Bonchev–Trinajstić information content (AvgIpc) is 2.57. The van der Waals surface area contributed by atoms with Crippen molar-refractivity contribution in [2.45, 2.75) is 45.4 Å². The summed E-state index contributed by atoms with van der Waals surface area (Å²) in [6.07, 6.45) is 7.32. The van der Waals surface area contributed by atoms with E-state index >= 15 is 0 Å². The lowest BCUT2D eigenvalue weighted by atomic mass is 10.1. The third-order valence-corrected chi connectivity index (χ3v) is 5.05. The molecule has 1 heterocycles. The van der Waals surface area contributed by atoms with Crippen LogP contribution in [0.15, 0.2) is 0 Å². The van der Waals surface area contributed by atoms with Crippen LogP contribution in [0.3, 0.4) is 0 Å². The molecule has 16 heavy (non-hydrogen) atoms. The smallest absolute Gasteiger partial charge is 0.150 e. The molecule has 3 nitrogen and oxygen atoms in total. The van der Waals surface area contributed by atoms with E-state index in [1.165, 1.54) is 32.1 Å². The molecule has 1 aliphatic rings. The molecule has 1 rings (SSSR count). The molecule has 0 aromatic carbocycles. The Balaban J connectivity index is 1.92. The van der Waals surface area contributed by atoms with Crippen molar-refractivity contribution in [3.8, 4) is 0 Å². The van der Waals surface area contributed by atoms with Crippen LogP contribution in [0, 0.1) is 5.92 Å². The van der Waals surface area contributed by atoms with E-state index in [1.807, 2.05) is 0 Å². The summed E-state index contributed by atoms with van der Waals surface area (Å²) in [4.78, 5) is 0. The Bertz CT molecular complexity index is 275. The highest BCUT2D eigenvalue weighted by molar-refractivity contribution is 7.91. The minimum Gasteiger partial charge on any atom is -0.316 e. The molecular weight excluding hydrogens is 222 g/mol. The summed E-state index contributed by atoms with van der Waals surface area (Å²) in [5, 5.41) is 3.38. The average molecular weight is 247 g/mol. The molecule has 0 saturated carbocycles. The van der Waals surface area contributed by atoms with E-state index in [1.54, 1.807) is 0 Å². The summed E-state index contributed by atoms with van der Waals surface area (Å²) >= 11 is 0. The van der Waals surface area contributed by atoms with Crippen molar-refractivity contribution in [2.24, 2.45) is 5.92 Å². The molecule has 4 heteroatoms. The van der Waals surface area contributed by atoms with E-state index in [-0.39, 0.29) is 0 Å². The summed E-state index contributed by atoms with van der Waals surface area (Å²) in [5.74, 6) is 1.16. The minimum atomic E-state index is -2.69. The van der Waals surface area contributed by atoms with Gasteiger partial charge in [-0.05, 0) is 31.8 Å². The molecule has 1 N–H and O–H groups in total. The van der Waals surface area contributed by atoms with E-state index in [4.69, 9.17) is 0 Å². The maximum Gasteiger partial charge on any atom is 0.150 e. The standard InChI is InChI=1S/C12H25NO2S/c1-2-3-4-5-6-8-13-10-12-7-9-16(14,15)11-12/h12-13H,2-11H2,1H3. The van der Waals surface area contributed by atoms with Crippen LogP contribution < -0.4 is 5.32 Å². The summed E-state index contributed by atoms with van der Waals surface area (Å²) in [6.45, 7) is 4.14. The monoisotopic (exact) mass is 247 g/mol. The van der Waals surface area contributed by atoms with Gasteiger partial charge in [0.1, 0.15) is 0 Å². The molecule has 1 unspecified atom stereocenters. The number of hydrogen-bond acceptors (Lipinski definition) is 3. The Morgan fingerprint density at radius 2 is 1.94 bits per heavy atom. The van der Waals surface area contributed by atoms with Gasteiger partial charge in [-0.15, -0.1) is 0 Å². The topological polar surface area (TPSA) is 46.2 Å². The number of rotatable bonds is 8. The summed E-state index contributed by atoms with van der Waals surface area (Å²) in [5.41, 5.74) is 0. The van der Waals surface area contributed by atoms with Crippen LogP contribution in [0.5, 0.6) is 0 Å². The van der Waals surface area contributed by atoms with Crippen LogP contribution >= 0.6 is 0 Å². The highest BCUT2D eigenvalue weighted by Gasteiger charge is 2.27. The van der Waals surface area contributed by atoms with Gasteiger partial charge in [0, 0.05) is 0 Å². The highest BCUT2D eigenvalue weighted by Crippen LogP contribution is 2.17. The van der Waals surface area contributed by atoms with Gasteiger partial charge in [0.25, 0.3) is 0 Å². The lowest BCUT2D eigenvalue weighted by Gasteiger charge is -2.09. The molecule has 0 aromatic heterocycles. The Labute approximate surface area is 99.9 Å². The van der Waals surface area contributed by atoms with E-state index in [2.05, 4.69) is 12.2 Å². The van der Waals surface area contributed by atoms with Crippen molar-refractivity contribution < 1.29 is 8.42 Å². The van der Waals surface area contributed by atoms with Crippen molar-refractivity contribution in [1.29, 1.82) is 0 Å². The molecule has 96 valence electrons. The van der Waals surface area contributed by atoms with Crippen LogP contribution in [0.25, 0.3) is 0 Å². The third kappa shape index (κ3) is 5.85. The van der Waals surface area contributed by atoms with Crippen molar-refractivity contribution in [3.05, 3.63) is 0 Å². The van der Waals surface area contributed by atoms with Crippen LogP contribution in [-0.4, -0.2) is 33.0 Å². The zero-order chi connectivity index (χ0) is 11.9. The fourth-order valence-electron chi connectivity index (χ4n) is 2.19. The first-order valence-corrected chi connectivity index (χ1v) is 8.37. The van der Waals surface area contributed by atoms with Gasteiger partial charge in [-0.1, -0.05) is 32.6 Å². The highest BCUT2D eigenvalue weighted by atomic mass is 32.2. The largest absolute Gasteiger partial charge is 0.316 e. The fourth-order valence-corrected chi connectivity index (χ4v) is 4.05. The zero-order valence-corrected chi connectivity index (χ0v) is 11.2. The van der Waals surface area contributed by atoms with Gasteiger partial charge in [0.05, 0.1) is 11.5 Å². The molecule has 0 aliphatic carbocycles. The minimum absolute atomic E-state index is 0.362. The van der Waals surface area contributed by atoms with E-state index in [9.17, 15) is 8.42 Å². The first-order valence-electron chi connectivity index (χ1n) is 6.55. The van der Waals surface area contributed by atoms with Crippen LogP contribution in [0.2, 0.25) is 0 Å². The SMILES string of the molecule is CCCCCCCNCC1CCS(=O)(=O)C1. The van der Waals surface area contributed by atoms with E-state index in [0.29, 0.717) is 17.4 Å². The van der Waals surface area contributed by atoms with E-state index < -0.39 is 9.84 Å². The predicted octanol–water partition coefficient (Wildman–Crippen LogP) is 1.98. The van der Waals surface area contributed by atoms with Crippen LogP contribution in [0.4, 0.5) is 0 Å². The van der Waals surface area contributed by atoms with Gasteiger partial charge < -0.3 is 5.32 Å². The molecule has 0 amide bonds. The first kappa shape index (κ1) is 14.0. The summed E-state index contributed by atoms with van der Waals surface area (Å²) < 4.78 is 22.4. The Kier molecular flexibility index (Phi) is 6.36. The molecule has 1 fully saturated rings. The normalized spacial score (nSPS) is 23.7. The molecule has 0 radical (unpaired) electrons. The van der Waals surface area contributed by atoms with Crippen molar-refractivity contribution in [3.63, 3.8) is 0 Å². The van der Waals surface area contributed by atoms with Gasteiger partial charge in [0.15, 0.2) is 9.84 Å². The quantitative estimate of drug-likeness (QED) is 0.667. The van der Waals surface area contributed by atoms with Gasteiger partial charge in [-0.3, -0.25) is 0 Å². The molecular formula is C12H25NO2S. The predicted molar refractivity (Wildman–Crippen MR) is 68.4 cm³/mol. The van der Waals surface area contributed by atoms with Gasteiger partial charge in [-0.25, -0.2) is 8.42 Å². The molecule has 0 aromatic rings. The van der Waals surface area contributed by atoms with Crippen molar-refractivity contribution >= 4 is 9.84 Å². The second kappa shape index (κ2) is 7.28. The zero-order valence-electron chi connectivity index (χ0n) is 10.4. The summed E-state index contributed by atoms with van der Waals surface area (Å²) in [7, 11) is -2.69. The van der Waals surface area contributed by atoms with Gasteiger partial charge >= 0.3 is 0 Å². The number of hydrogen-bond donors (Lipinski definition) is 1. The third-order valence-electron chi connectivity index (χ3n) is 3.22. The molecule has 0 spiro atoms. The molecule has 0 bridgehead atoms. The van der Waals surface area contributed by atoms with Crippen LogP contribution in [0.1, 0.15) is 45.4 Å². The number of sulfone groups is 1. The van der Waals surface area contributed by atoms with Crippen molar-refractivity contribution in [2.75, 3.05) is 24.6 Å². The molecule has 1 saturated heterocycles. The Hall–Kier alpha value is -0.0900. The fraction of sp³-hybridized carbons (Fsp3) is 1.00. The van der Waals surface area contributed by atoms with Gasteiger partial charge in [0.2, 0.25) is 0 Å². The summed E-state index contributed by atoms with van der Waals surface area (Å²) in [6, 6.07) is 0. The number of nitrogens with one attached hydrogen (secondary N) is 1. The van der Waals surface area contributed by atoms with Crippen LogP contribution in [-0.2, 0) is 9.84 Å². The Morgan fingerprint density at radius 3 is 2.56 bits per heavy atom. The lowest BCUT2D eigenvalue weighted by Crippen LogP contribution is -2.24. The van der Waals surface area contributed by atoms with Crippen molar-refractivity contribution in [1.82, 2.24) is 5.32 Å². The maximum atomic E-state index is 11.2. The molecule has 1 aliphatic heterocycles. The van der Waals surface area contributed by atoms with Gasteiger partial charge in [-0.2, -0.15) is 0 Å². The lowest BCUT2D eigenvalue weighted by molar-refractivity contribution is 0.503. The second-order valence-electron chi connectivity index (χ2n) is 4.89. The van der Waals surface area contributed by atoms with E-state index in [0.717, 1.165) is 19.5 Å². The Morgan fingerprint density at radius 1 is 1.19 bits per heavy atom.